The molecule has 0 radical (unpaired) electrons. The Kier molecular flexibility index (Phi) is 9.18. The molecule has 0 atom stereocenters. The van der Waals surface area contributed by atoms with Gasteiger partial charge in [-0.05, 0) is 44.4 Å². The summed E-state index contributed by atoms with van der Waals surface area (Å²) in [5, 5.41) is 0. The summed E-state index contributed by atoms with van der Waals surface area (Å²) in [6, 6.07) is 5.98. The van der Waals surface area contributed by atoms with Crippen LogP contribution in [0.1, 0.15) is 52.0 Å². The van der Waals surface area contributed by atoms with E-state index in [9.17, 15) is 4.79 Å². The van der Waals surface area contributed by atoms with Crippen molar-refractivity contribution in [3.05, 3.63) is 23.8 Å². The summed E-state index contributed by atoms with van der Waals surface area (Å²) in [6.07, 6.45) is 6.03. The molecule has 4 nitrogen and oxygen atoms in total. The lowest BCUT2D eigenvalue weighted by atomic mass is 10.1. The fourth-order valence-corrected chi connectivity index (χ4v) is 2.55. The Morgan fingerprint density at radius 3 is 2.39 bits per heavy atom. The molecule has 0 bridgehead atoms. The van der Waals surface area contributed by atoms with Crippen LogP contribution in [0.25, 0.3) is 0 Å². The molecule has 0 saturated heterocycles. The van der Waals surface area contributed by atoms with Gasteiger partial charge in [0.2, 0.25) is 0 Å². The Morgan fingerprint density at radius 2 is 1.78 bits per heavy atom. The molecule has 1 rings (SSSR count). The van der Waals surface area contributed by atoms with Gasteiger partial charge in [-0.3, -0.25) is 4.79 Å². The Labute approximate surface area is 140 Å². The zero-order valence-electron chi connectivity index (χ0n) is 15.1. The first kappa shape index (κ1) is 19.3. The Morgan fingerprint density at radius 1 is 1.04 bits per heavy atom. The van der Waals surface area contributed by atoms with Crippen LogP contribution in [0.5, 0.6) is 11.5 Å². The average Bonchev–Trinajstić information content (AvgIpc) is 2.58. The Bertz CT molecular complexity index is 470. The van der Waals surface area contributed by atoms with Crippen LogP contribution in [0.4, 0.5) is 0 Å². The van der Waals surface area contributed by atoms with Gasteiger partial charge in [-0.25, -0.2) is 0 Å². The summed E-state index contributed by atoms with van der Waals surface area (Å²) in [5.41, 5.74) is 1.25. The smallest absolute Gasteiger partial charge is 0.260 e. The number of hydrogen-bond acceptors (Lipinski definition) is 3. The Balaban J connectivity index is 2.60. The van der Waals surface area contributed by atoms with E-state index in [0.29, 0.717) is 24.6 Å². The van der Waals surface area contributed by atoms with E-state index in [1.54, 1.807) is 12.0 Å². The van der Waals surface area contributed by atoms with Crippen LogP contribution in [-0.2, 0) is 11.2 Å². The van der Waals surface area contributed by atoms with E-state index in [1.807, 2.05) is 26.0 Å². The Hall–Kier alpha value is -1.71. The molecule has 0 N–H and O–H groups in total. The molecule has 0 fully saturated rings. The normalized spacial score (nSPS) is 10.4. The second-order valence-corrected chi connectivity index (χ2v) is 5.65. The number of benzene rings is 1. The maximum Gasteiger partial charge on any atom is 0.260 e. The van der Waals surface area contributed by atoms with E-state index in [0.717, 1.165) is 6.42 Å². The number of carbonyl (C=O) groups excluding carboxylic acids is 1. The van der Waals surface area contributed by atoms with Crippen molar-refractivity contribution in [3.8, 4) is 11.5 Å². The molecule has 0 aromatic heterocycles. The van der Waals surface area contributed by atoms with Gasteiger partial charge >= 0.3 is 0 Å². The molecule has 0 unspecified atom stereocenters. The fourth-order valence-electron chi connectivity index (χ4n) is 2.55. The molecule has 0 spiro atoms. The first-order valence-electron chi connectivity index (χ1n) is 8.73. The van der Waals surface area contributed by atoms with Crippen LogP contribution in [0.3, 0.4) is 0 Å². The van der Waals surface area contributed by atoms with Crippen molar-refractivity contribution < 1.29 is 14.3 Å². The van der Waals surface area contributed by atoms with Gasteiger partial charge in [0.05, 0.1) is 7.11 Å². The molecule has 1 aromatic rings. The molecule has 130 valence electrons. The number of unbranched alkanes of at least 4 members (excludes halogenated alkanes) is 3. The average molecular weight is 321 g/mol. The second kappa shape index (κ2) is 10.9. The summed E-state index contributed by atoms with van der Waals surface area (Å²) in [6.45, 7) is 7.60. The molecule has 4 heteroatoms. The maximum atomic E-state index is 12.0. The van der Waals surface area contributed by atoms with Gasteiger partial charge in [0.25, 0.3) is 5.91 Å². The number of carbonyl (C=O) groups is 1. The van der Waals surface area contributed by atoms with Crippen LogP contribution < -0.4 is 9.47 Å². The van der Waals surface area contributed by atoms with E-state index in [2.05, 4.69) is 13.0 Å². The summed E-state index contributed by atoms with van der Waals surface area (Å²) in [4.78, 5) is 13.8. The lowest BCUT2D eigenvalue weighted by Gasteiger charge is -2.19. The van der Waals surface area contributed by atoms with Crippen LogP contribution >= 0.6 is 0 Å². The van der Waals surface area contributed by atoms with E-state index in [4.69, 9.17) is 9.47 Å². The number of ether oxygens (including phenoxy) is 2. The molecule has 23 heavy (non-hydrogen) atoms. The number of nitrogens with zero attached hydrogens (tertiary/aromatic N) is 1. The summed E-state index contributed by atoms with van der Waals surface area (Å²) in [5.74, 6) is 1.33. The highest BCUT2D eigenvalue weighted by Gasteiger charge is 2.12. The van der Waals surface area contributed by atoms with Crippen molar-refractivity contribution >= 4 is 5.91 Å². The topological polar surface area (TPSA) is 38.8 Å². The van der Waals surface area contributed by atoms with E-state index in [1.165, 1.54) is 31.2 Å². The van der Waals surface area contributed by atoms with Crippen molar-refractivity contribution in [2.24, 2.45) is 0 Å². The van der Waals surface area contributed by atoms with Gasteiger partial charge in [0, 0.05) is 13.1 Å². The monoisotopic (exact) mass is 321 g/mol. The van der Waals surface area contributed by atoms with Gasteiger partial charge in [-0.1, -0.05) is 32.3 Å². The number of likely N-dealkylation sites (N-methyl/N-ethyl adjacent to an activating group) is 1. The van der Waals surface area contributed by atoms with Crippen LogP contribution in [0.15, 0.2) is 18.2 Å². The molecular formula is C19H31NO3. The third-order valence-corrected chi connectivity index (χ3v) is 4.01. The summed E-state index contributed by atoms with van der Waals surface area (Å²) < 4.78 is 11.1. The quantitative estimate of drug-likeness (QED) is 0.577. The van der Waals surface area contributed by atoms with Crippen molar-refractivity contribution in [1.29, 1.82) is 0 Å². The molecule has 1 aromatic carbocycles. The van der Waals surface area contributed by atoms with Crippen LogP contribution in [0.2, 0.25) is 0 Å². The molecule has 0 saturated carbocycles. The molecular weight excluding hydrogens is 290 g/mol. The van der Waals surface area contributed by atoms with Gasteiger partial charge < -0.3 is 14.4 Å². The second-order valence-electron chi connectivity index (χ2n) is 5.65. The minimum absolute atomic E-state index is 0.000644. The number of aryl methyl sites for hydroxylation is 1. The third kappa shape index (κ3) is 6.51. The highest BCUT2D eigenvalue weighted by molar-refractivity contribution is 5.77. The fraction of sp³-hybridized carbons (Fsp3) is 0.632. The predicted molar refractivity (Wildman–Crippen MR) is 94.3 cm³/mol. The van der Waals surface area contributed by atoms with Crippen molar-refractivity contribution in [2.75, 3.05) is 26.8 Å². The highest BCUT2D eigenvalue weighted by atomic mass is 16.5. The largest absolute Gasteiger partial charge is 0.493 e. The van der Waals surface area contributed by atoms with E-state index >= 15 is 0 Å². The lowest BCUT2D eigenvalue weighted by molar-refractivity contribution is -0.132. The molecule has 0 aliphatic rings. The highest BCUT2D eigenvalue weighted by Crippen LogP contribution is 2.28. The van der Waals surface area contributed by atoms with Crippen LogP contribution in [-0.4, -0.2) is 37.6 Å². The minimum Gasteiger partial charge on any atom is -0.493 e. The zero-order chi connectivity index (χ0) is 17.1. The van der Waals surface area contributed by atoms with Gasteiger partial charge in [-0.15, -0.1) is 0 Å². The summed E-state index contributed by atoms with van der Waals surface area (Å²) in [7, 11) is 1.63. The first-order chi connectivity index (χ1) is 11.2. The first-order valence-corrected chi connectivity index (χ1v) is 8.73. The number of rotatable bonds is 11. The zero-order valence-corrected chi connectivity index (χ0v) is 15.1. The number of hydrogen-bond donors (Lipinski definition) is 0. The number of amides is 1. The SMILES string of the molecule is CCCCCCc1ccc(OCC(=O)N(CC)CC)c(OC)c1. The third-order valence-electron chi connectivity index (χ3n) is 4.01. The molecule has 1 amide bonds. The van der Waals surface area contributed by atoms with Crippen LogP contribution in [0, 0.1) is 0 Å². The van der Waals surface area contributed by atoms with E-state index in [-0.39, 0.29) is 12.5 Å². The predicted octanol–water partition coefficient (Wildman–Crippen LogP) is 4.07. The lowest BCUT2D eigenvalue weighted by Crippen LogP contribution is -2.34. The van der Waals surface area contributed by atoms with E-state index < -0.39 is 0 Å². The van der Waals surface area contributed by atoms with Gasteiger partial charge in [-0.2, -0.15) is 0 Å². The van der Waals surface area contributed by atoms with Crippen molar-refractivity contribution in [2.45, 2.75) is 52.9 Å². The van der Waals surface area contributed by atoms with Crippen molar-refractivity contribution in [3.63, 3.8) is 0 Å². The minimum atomic E-state index is 0.000644. The van der Waals surface area contributed by atoms with Gasteiger partial charge in [0.1, 0.15) is 0 Å². The van der Waals surface area contributed by atoms with Crippen molar-refractivity contribution in [1.82, 2.24) is 4.90 Å². The molecule has 0 heterocycles. The summed E-state index contributed by atoms with van der Waals surface area (Å²) >= 11 is 0. The molecule has 0 aliphatic carbocycles. The maximum absolute atomic E-state index is 12.0. The standard InChI is InChI=1S/C19H31NO3/c1-5-8-9-10-11-16-12-13-17(18(14-16)22-4)23-15-19(21)20(6-2)7-3/h12-14H,5-11,15H2,1-4H3. The van der Waals surface area contributed by atoms with Gasteiger partial charge in [0.15, 0.2) is 18.1 Å². The molecule has 0 aliphatic heterocycles. The number of methoxy groups -OCH3 is 1.